The number of hydrogen-bond acceptors (Lipinski definition) is 4. The molecule has 0 amide bonds. The molecule has 0 aliphatic heterocycles. The lowest BCUT2D eigenvalue weighted by Gasteiger charge is -2.23. The Labute approximate surface area is 94.5 Å². The first kappa shape index (κ1) is 12.2. The minimum absolute atomic E-state index is 0.207. The predicted octanol–water partition coefficient (Wildman–Crippen LogP) is 2.18. The van der Waals surface area contributed by atoms with Crippen LogP contribution in [0.25, 0.3) is 0 Å². The fourth-order valence-electron chi connectivity index (χ4n) is 1.10. The Balaban J connectivity index is 2.45. The van der Waals surface area contributed by atoms with E-state index < -0.39 is 5.54 Å². The minimum atomic E-state index is -0.625. The van der Waals surface area contributed by atoms with E-state index in [4.69, 9.17) is 4.74 Å². The van der Waals surface area contributed by atoms with Gasteiger partial charge >= 0.3 is 5.97 Å². The van der Waals surface area contributed by atoms with Gasteiger partial charge in [-0.1, -0.05) is 6.07 Å². The number of esters is 1. The van der Waals surface area contributed by atoms with Crippen molar-refractivity contribution in [2.75, 3.05) is 6.61 Å². The van der Waals surface area contributed by atoms with E-state index >= 15 is 0 Å². The highest BCUT2D eigenvalue weighted by Gasteiger charge is 2.28. The smallest absolute Gasteiger partial charge is 0.325 e. The summed E-state index contributed by atoms with van der Waals surface area (Å²) in [6.07, 6.45) is 0. The molecule has 1 aromatic heterocycles. The second kappa shape index (κ2) is 5.28. The van der Waals surface area contributed by atoms with Gasteiger partial charge in [-0.15, -0.1) is 11.3 Å². The molecule has 15 heavy (non-hydrogen) atoms. The third kappa shape index (κ3) is 3.64. The van der Waals surface area contributed by atoms with Gasteiger partial charge < -0.3 is 4.74 Å². The molecule has 1 rings (SSSR count). The molecule has 1 N–H and O–H groups in total. The fourth-order valence-corrected chi connectivity index (χ4v) is 1.75. The van der Waals surface area contributed by atoms with E-state index in [1.165, 1.54) is 4.88 Å². The molecular formula is C11H17NO2S. The molecule has 3 nitrogen and oxygen atoms in total. The lowest BCUT2D eigenvalue weighted by atomic mass is 10.1. The van der Waals surface area contributed by atoms with E-state index in [9.17, 15) is 4.79 Å². The van der Waals surface area contributed by atoms with Crippen LogP contribution in [0, 0.1) is 0 Å². The number of thiophene rings is 1. The van der Waals surface area contributed by atoms with Crippen LogP contribution in [0.4, 0.5) is 0 Å². The second-order valence-corrected chi connectivity index (χ2v) is 4.81. The zero-order valence-electron chi connectivity index (χ0n) is 9.37. The molecule has 1 heterocycles. The lowest BCUT2D eigenvalue weighted by Crippen LogP contribution is -2.47. The van der Waals surface area contributed by atoms with E-state index in [-0.39, 0.29) is 5.97 Å². The van der Waals surface area contributed by atoms with E-state index in [1.54, 1.807) is 11.3 Å². The second-order valence-electron chi connectivity index (χ2n) is 3.78. The number of rotatable bonds is 5. The molecule has 0 aliphatic rings. The average molecular weight is 227 g/mol. The standard InChI is InChI=1S/C11H17NO2S/c1-4-14-10(13)11(2,3)12-8-9-6-5-7-15-9/h5-7,12H,4,8H2,1-3H3. The van der Waals surface area contributed by atoms with Crippen LogP contribution in [0.1, 0.15) is 25.6 Å². The molecular weight excluding hydrogens is 210 g/mol. The Morgan fingerprint density at radius 3 is 2.87 bits per heavy atom. The third-order valence-electron chi connectivity index (χ3n) is 2.07. The molecule has 1 aromatic rings. The highest BCUT2D eigenvalue weighted by Crippen LogP contribution is 2.11. The van der Waals surface area contributed by atoms with Crippen molar-refractivity contribution in [1.29, 1.82) is 0 Å². The third-order valence-corrected chi connectivity index (χ3v) is 2.95. The summed E-state index contributed by atoms with van der Waals surface area (Å²) in [4.78, 5) is 12.8. The monoisotopic (exact) mass is 227 g/mol. The maximum Gasteiger partial charge on any atom is 0.325 e. The van der Waals surface area contributed by atoms with Crippen molar-refractivity contribution >= 4 is 17.3 Å². The first-order valence-electron chi connectivity index (χ1n) is 5.01. The molecule has 0 radical (unpaired) electrons. The van der Waals surface area contributed by atoms with Gasteiger partial charge in [-0.25, -0.2) is 0 Å². The summed E-state index contributed by atoms with van der Waals surface area (Å²) >= 11 is 1.67. The highest BCUT2D eigenvalue weighted by atomic mass is 32.1. The fraction of sp³-hybridized carbons (Fsp3) is 0.545. The van der Waals surface area contributed by atoms with Gasteiger partial charge in [0.05, 0.1) is 6.61 Å². The van der Waals surface area contributed by atoms with Crippen LogP contribution in [0.3, 0.4) is 0 Å². The van der Waals surface area contributed by atoms with Crippen molar-refractivity contribution in [2.24, 2.45) is 0 Å². The van der Waals surface area contributed by atoms with E-state index in [0.717, 1.165) is 0 Å². The number of ether oxygens (including phenoxy) is 1. The van der Waals surface area contributed by atoms with Gasteiger partial charge in [0.1, 0.15) is 5.54 Å². The van der Waals surface area contributed by atoms with E-state index in [0.29, 0.717) is 13.2 Å². The van der Waals surface area contributed by atoms with Crippen molar-refractivity contribution in [1.82, 2.24) is 5.32 Å². The maximum atomic E-state index is 11.5. The Bertz CT molecular complexity index is 306. The summed E-state index contributed by atoms with van der Waals surface area (Å²) in [5.74, 6) is -0.207. The molecule has 0 fully saturated rings. The van der Waals surface area contributed by atoms with Crippen LogP contribution < -0.4 is 5.32 Å². The van der Waals surface area contributed by atoms with Crippen molar-refractivity contribution < 1.29 is 9.53 Å². The van der Waals surface area contributed by atoms with Crippen LogP contribution in [-0.2, 0) is 16.1 Å². The zero-order valence-corrected chi connectivity index (χ0v) is 10.2. The predicted molar refractivity (Wildman–Crippen MR) is 61.9 cm³/mol. The van der Waals surface area contributed by atoms with Gasteiger partial charge in [0, 0.05) is 11.4 Å². The summed E-state index contributed by atoms with van der Waals surface area (Å²) in [6.45, 7) is 6.59. The molecule has 4 heteroatoms. The van der Waals surface area contributed by atoms with Crippen LogP contribution in [0.2, 0.25) is 0 Å². The summed E-state index contributed by atoms with van der Waals surface area (Å²) in [7, 11) is 0. The Hall–Kier alpha value is -0.870. The van der Waals surface area contributed by atoms with Crippen molar-refractivity contribution in [3.05, 3.63) is 22.4 Å². The minimum Gasteiger partial charge on any atom is -0.465 e. The average Bonchev–Trinajstić information content (AvgIpc) is 2.68. The van der Waals surface area contributed by atoms with Crippen molar-refractivity contribution in [3.8, 4) is 0 Å². The Morgan fingerprint density at radius 1 is 1.60 bits per heavy atom. The Kier molecular flexibility index (Phi) is 4.29. The van der Waals surface area contributed by atoms with Gasteiger partial charge in [-0.2, -0.15) is 0 Å². The number of nitrogens with one attached hydrogen (secondary N) is 1. The number of carbonyl (C=O) groups excluding carboxylic acids is 1. The molecule has 0 aliphatic carbocycles. The molecule has 0 bridgehead atoms. The summed E-state index contributed by atoms with van der Waals surface area (Å²) in [6, 6.07) is 4.04. The molecule has 0 atom stereocenters. The van der Waals surface area contributed by atoms with Gasteiger partial charge in [-0.05, 0) is 32.2 Å². The Morgan fingerprint density at radius 2 is 2.33 bits per heavy atom. The summed E-state index contributed by atoms with van der Waals surface area (Å²) < 4.78 is 4.98. The molecule has 0 aromatic carbocycles. The van der Waals surface area contributed by atoms with Crippen LogP contribution in [0.15, 0.2) is 17.5 Å². The molecule has 0 spiro atoms. The van der Waals surface area contributed by atoms with E-state index in [2.05, 4.69) is 5.32 Å². The van der Waals surface area contributed by atoms with Gasteiger partial charge in [0.25, 0.3) is 0 Å². The van der Waals surface area contributed by atoms with Crippen molar-refractivity contribution in [3.63, 3.8) is 0 Å². The molecule has 0 saturated carbocycles. The quantitative estimate of drug-likeness (QED) is 0.784. The first-order valence-corrected chi connectivity index (χ1v) is 5.89. The SMILES string of the molecule is CCOC(=O)C(C)(C)NCc1cccs1. The van der Waals surface area contributed by atoms with E-state index in [1.807, 2.05) is 38.3 Å². The van der Waals surface area contributed by atoms with Crippen LogP contribution in [0.5, 0.6) is 0 Å². The lowest BCUT2D eigenvalue weighted by molar-refractivity contribution is -0.149. The molecule has 0 saturated heterocycles. The summed E-state index contributed by atoms with van der Waals surface area (Å²) in [5.41, 5.74) is -0.625. The maximum absolute atomic E-state index is 11.5. The normalized spacial score (nSPS) is 11.4. The van der Waals surface area contributed by atoms with Crippen molar-refractivity contribution in [2.45, 2.75) is 32.9 Å². The highest BCUT2D eigenvalue weighted by molar-refractivity contribution is 7.09. The summed E-state index contributed by atoms with van der Waals surface area (Å²) in [5, 5.41) is 5.20. The molecule has 0 unspecified atom stereocenters. The zero-order chi connectivity index (χ0) is 11.3. The number of hydrogen-bond donors (Lipinski definition) is 1. The largest absolute Gasteiger partial charge is 0.465 e. The number of carbonyl (C=O) groups is 1. The van der Waals surface area contributed by atoms with Gasteiger partial charge in [0.2, 0.25) is 0 Å². The topological polar surface area (TPSA) is 38.3 Å². The van der Waals surface area contributed by atoms with Crippen LogP contribution in [-0.4, -0.2) is 18.1 Å². The van der Waals surface area contributed by atoms with Crippen LogP contribution >= 0.6 is 11.3 Å². The molecule has 84 valence electrons. The first-order chi connectivity index (χ1) is 7.06. The van der Waals surface area contributed by atoms with Gasteiger partial charge in [0.15, 0.2) is 0 Å². The van der Waals surface area contributed by atoms with Gasteiger partial charge in [-0.3, -0.25) is 10.1 Å².